The van der Waals surface area contributed by atoms with Crippen LogP contribution in [-0.2, 0) is 6.61 Å². The summed E-state index contributed by atoms with van der Waals surface area (Å²) in [6.07, 6.45) is 3.38. The molecule has 2 heterocycles. The fourth-order valence-electron chi connectivity index (χ4n) is 3.87. The van der Waals surface area contributed by atoms with Gasteiger partial charge in [-0.05, 0) is 29.8 Å². The van der Waals surface area contributed by atoms with Crippen LogP contribution in [0.5, 0.6) is 23.0 Å². The Bertz CT molecular complexity index is 1460. The van der Waals surface area contributed by atoms with Crippen LogP contribution >= 0.6 is 0 Å². The lowest BCUT2D eigenvalue weighted by Crippen LogP contribution is -2.05. The van der Waals surface area contributed by atoms with Crippen molar-refractivity contribution in [3.63, 3.8) is 0 Å². The average molecular weight is 484 g/mol. The van der Waals surface area contributed by atoms with Crippen LogP contribution in [0.2, 0.25) is 0 Å². The summed E-state index contributed by atoms with van der Waals surface area (Å²) in [5, 5.41) is 4.20. The van der Waals surface area contributed by atoms with Gasteiger partial charge in [0.1, 0.15) is 18.7 Å². The lowest BCUT2D eigenvalue weighted by atomic mass is 10.2. The molecular formula is C27H25N5O4. The number of ether oxygens (including phenoxy) is 4. The first-order valence-electron chi connectivity index (χ1n) is 11.2. The molecule has 9 nitrogen and oxygen atoms in total. The van der Waals surface area contributed by atoms with Gasteiger partial charge in [0.2, 0.25) is 17.6 Å². The summed E-state index contributed by atoms with van der Waals surface area (Å²) >= 11 is 0. The van der Waals surface area contributed by atoms with Gasteiger partial charge in [-0.25, -0.2) is 9.97 Å². The topological polar surface area (TPSA) is 92.6 Å². The molecule has 5 aromatic rings. The van der Waals surface area contributed by atoms with Gasteiger partial charge in [0, 0.05) is 29.4 Å². The summed E-state index contributed by atoms with van der Waals surface area (Å²) in [7, 11) is 4.69. The largest absolute Gasteiger partial charge is 0.493 e. The molecule has 0 aliphatic rings. The molecule has 0 saturated heterocycles. The number of benzene rings is 3. The molecule has 182 valence electrons. The highest BCUT2D eigenvalue weighted by atomic mass is 16.5. The molecule has 0 bridgehead atoms. The van der Waals surface area contributed by atoms with Crippen molar-refractivity contribution in [2.45, 2.75) is 6.61 Å². The fraction of sp³-hybridized carbons (Fsp3) is 0.148. The Kier molecular flexibility index (Phi) is 6.53. The number of anilines is 2. The second-order valence-corrected chi connectivity index (χ2v) is 7.83. The number of hydrogen-bond acceptors (Lipinski definition) is 8. The van der Waals surface area contributed by atoms with Gasteiger partial charge in [-0.2, -0.15) is 4.98 Å². The SMILES string of the molecule is COc1cc(Nc2ncnc(-n3ccc4cc(OCc5ccccc5)ccc43)n2)cc(OC)c1OC. The van der Waals surface area contributed by atoms with E-state index in [2.05, 4.69) is 20.3 Å². The van der Waals surface area contributed by atoms with Gasteiger partial charge >= 0.3 is 0 Å². The third-order valence-electron chi connectivity index (χ3n) is 5.61. The summed E-state index contributed by atoms with van der Waals surface area (Å²) < 4.78 is 24.1. The van der Waals surface area contributed by atoms with Crippen molar-refractivity contribution in [2.24, 2.45) is 0 Å². The van der Waals surface area contributed by atoms with Crippen LogP contribution in [0.4, 0.5) is 11.6 Å². The zero-order chi connectivity index (χ0) is 24.9. The lowest BCUT2D eigenvalue weighted by Gasteiger charge is -2.14. The minimum Gasteiger partial charge on any atom is -0.493 e. The van der Waals surface area contributed by atoms with E-state index in [0.29, 0.717) is 41.4 Å². The predicted molar refractivity (Wildman–Crippen MR) is 137 cm³/mol. The second kappa shape index (κ2) is 10.2. The van der Waals surface area contributed by atoms with Gasteiger partial charge in [0.25, 0.3) is 0 Å². The highest BCUT2D eigenvalue weighted by molar-refractivity contribution is 5.83. The maximum absolute atomic E-state index is 5.96. The molecule has 5 rings (SSSR count). The zero-order valence-corrected chi connectivity index (χ0v) is 20.1. The van der Waals surface area contributed by atoms with Crippen molar-refractivity contribution < 1.29 is 18.9 Å². The molecule has 0 aliphatic carbocycles. The Morgan fingerprint density at radius 3 is 2.33 bits per heavy atom. The van der Waals surface area contributed by atoms with Gasteiger partial charge in [0.15, 0.2) is 11.5 Å². The van der Waals surface area contributed by atoms with E-state index in [-0.39, 0.29) is 0 Å². The van der Waals surface area contributed by atoms with Gasteiger partial charge in [-0.3, -0.25) is 4.57 Å². The van der Waals surface area contributed by atoms with E-state index in [0.717, 1.165) is 22.2 Å². The van der Waals surface area contributed by atoms with Crippen molar-refractivity contribution in [1.29, 1.82) is 0 Å². The Morgan fingerprint density at radius 1 is 0.833 bits per heavy atom. The minimum absolute atomic E-state index is 0.374. The summed E-state index contributed by atoms with van der Waals surface area (Å²) in [4.78, 5) is 13.2. The second-order valence-electron chi connectivity index (χ2n) is 7.83. The number of rotatable bonds is 9. The normalized spacial score (nSPS) is 10.8. The number of nitrogens with zero attached hydrogens (tertiary/aromatic N) is 4. The number of aromatic nitrogens is 4. The Balaban J connectivity index is 1.38. The average Bonchev–Trinajstić information content (AvgIpc) is 3.35. The summed E-state index contributed by atoms with van der Waals surface area (Å²) in [5.74, 6) is 3.20. The third kappa shape index (κ3) is 4.72. The van der Waals surface area contributed by atoms with Gasteiger partial charge in [-0.1, -0.05) is 30.3 Å². The molecule has 36 heavy (non-hydrogen) atoms. The van der Waals surface area contributed by atoms with Crippen LogP contribution in [0.3, 0.4) is 0 Å². The Labute approximate surface area is 208 Å². The first-order chi connectivity index (χ1) is 17.7. The molecule has 0 aliphatic heterocycles. The van der Waals surface area contributed by atoms with Crippen molar-refractivity contribution >= 4 is 22.5 Å². The van der Waals surface area contributed by atoms with E-state index >= 15 is 0 Å². The van der Waals surface area contributed by atoms with E-state index in [4.69, 9.17) is 18.9 Å². The first-order valence-corrected chi connectivity index (χ1v) is 11.2. The zero-order valence-electron chi connectivity index (χ0n) is 20.1. The molecule has 0 amide bonds. The molecule has 0 radical (unpaired) electrons. The standard InChI is InChI=1S/C27H25N5O4/c1-33-23-14-20(15-24(34-2)25(23)35-3)30-26-28-17-29-27(31-26)32-12-11-19-13-21(9-10-22(19)32)36-16-18-7-5-4-6-8-18/h4-15,17H,16H2,1-3H3,(H,28,29,30,31). The summed E-state index contributed by atoms with van der Waals surface area (Å²) in [6, 6.07) is 21.6. The van der Waals surface area contributed by atoms with Gasteiger partial charge < -0.3 is 24.3 Å². The number of nitrogens with one attached hydrogen (secondary N) is 1. The van der Waals surface area contributed by atoms with E-state index in [1.165, 1.54) is 6.33 Å². The molecule has 0 unspecified atom stereocenters. The minimum atomic E-state index is 0.374. The van der Waals surface area contributed by atoms with Gasteiger partial charge in [-0.15, -0.1) is 0 Å². The van der Waals surface area contributed by atoms with E-state index in [9.17, 15) is 0 Å². The molecule has 9 heteroatoms. The Morgan fingerprint density at radius 2 is 1.61 bits per heavy atom. The van der Waals surface area contributed by atoms with Crippen molar-refractivity contribution in [3.05, 3.63) is 84.8 Å². The maximum Gasteiger partial charge on any atom is 0.238 e. The molecule has 0 saturated carbocycles. The first kappa shape index (κ1) is 23.0. The molecule has 2 aromatic heterocycles. The monoisotopic (exact) mass is 483 g/mol. The van der Waals surface area contributed by atoms with E-state index in [1.54, 1.807) is 33.5 Å². The summed E-state index contributed by atoms with van der Waals surface area (Å²) in [6.45, 7) is 0.510. The predicted octanol–water partition coefficient (Wildman–Crippen LogP) is 5.16. The number of fused-ring (bicyclic) bond motifs is 1. The van der Waals surface area contributed by atoms with Crippen LogP contribution < -0.4 is 24.3 Å². The molecule has 0 fully saturated rings. The number of hydrogen-bond donors (Lipinski definition) is 1. The van der Waals surface area contributed by atoms with E-state index < -0.39 is 0 Å². The number of methoxy groups -OCH3 is 3. The maximum atomic E-state index is 5.96. The molecule has 1 N–H and O–H groups in total. The molecule has 0 spiro atoms. The smallest absolute Gasteiger partial charge is 0.238 e. The molecule has 3 aromatic carbocycles. The molecular weight excluding hydrogens is 458 g/mol. The third-order valence-corrected chi connectivity index (χ3v) is 5.61. The van der Waals surface area contributed by atoms with Crippen LogP contribution in [0.25, 0.3) is 16.9 Å². The highest BCUT2D eigenvalue weighted by Gasteiger charge is 2.14. The highest BCUT2D eigenvalue weighted by Crippen LogP contribution is 2.40. The lowest BCUT2D eigenvalue weighted by molar-refractivity contribution is 0.306. The molecule has 0 atom stereocenters. The van der Waals surface area contributed by atoms with Crippen LogP contribution in [0.1, 0.15) is 5.56 Å². The fourth-order valence-corrected chi connectivity index (χ4v) is 3.87. The van der Waals surface area contributed by atoms with Crippen molar-refractivity contribution in [3.8, 4) is 28.9 Å². The quantitative estimate of drug-likeness (QED) is 0.307. The van der Waals surface area contributed by atoms with E-state index in [1.807, 2.05) is 65.4 Å². The van der Waals surface area contributed by atoms with Gasteiger partial charge in [0.05, 0.1) is 26.8 Å². The van der Waals surface area contributed by atoms with Crippen molar-refractivity contribution in [1.82, 2.24) is 19.5 Å². The van der Waals surface area contributed by atoms with Crippen LogP contribution in [0, 0.1) is 0 Å². The summed E-state index contributed by atoms with van der Waals surface area (Å²) in [5.41, 5.74) is 2.75. The van der Waals surface area contributed by atoms with Crippen LogP contribution in [-0.4, -0.2) is 40.8 Å². The van der Waals surface area contributed by atoms with Crippen LogP contribution in [0.15, 0.2) is 79.3 Å². The Hall–Kier alpha value is -4.79. The van der Waals surface area contributed by atoms with Crippen molar-refractivity contribution in [2.75, 3.05) is 26.6 Å².